The number of ether oxygens (including phenoxy) is 1. The Bertz CT molecular complexity index is 274. The Hall–Kier alpha value is -0.810. The van der Waals surface area contributed by atoms with Crippen molar-refractivity contribution in [2.45, 2.75) is 50.6 Å². The van der Waals surface area contributed by atoms with Crippen LogP contribution in [0.2, 0.25) is 0 Å². The summed E-state index contributed by atoms with van der Waals surface area (Å²) in [4.78, 5) is 13.8. The van der Waals surface area contributed by atoms with Gasteiger partial charge in [0.2, 0.25) is 0 Å². The van der Waals surface area contributed by atoms with Gasteiger partial charge in [0, 0.05) is 32.2 Å². The molecular weight excluding hydrogens is 242 g/mol. The zero-order valence-corrected chi connectivity index (χ0v) is 12.0. The predicted molar refractivity (Wildman–Crippen MR) is 75.3 cm³/mol. The average molecular weight is 269 g/mol. The van der Waals surface area contributed by atoms with Crippen molar-refractivity contribution < 1.29 is 9.53 Å². The maximum Gasteiger partial charge on any atom is 0.317 e. The summed E-state index contributed by atoms with van der Waals surface area (Å²) in [5.74, 6) is 0. The van der Waals surface area contributed by atoms with Crippen LogP contribution in [0.4, 0.5) is 4.79 Å². The monoisotopic (exact) mass is 269 g/mol. The van der Waals surface area contributed by atoms with Crippen molar-refractivity contribution in [3.8, 4) is 0 Å². The minimum Gasteiger partial charge on any atom is -0.379 e. The summed E-state index contributed by atoms with van der Waals surface area (Å²) in [6, 6.07) is 0.849. The summed E-state index contributed by atoms with van der Waals surface area (Å²) in [5.41, 5.74) is 0. The molecule has 1 heterocycles. The van der Waals surface area contributed by atoms with Crippen LogP contribution < -0.4 is 10.6 Å². The van der Waals surface area contributed by atoms with Gasteiger partial charge in [-0.25, -0.2) is 4.79 Å². The quantitative estimate of drug-likeness (QED) is 0.810. The van der Waals surface area contributed by atoms with E-state index >= 15 is 0 Å². The molecule has 2 rings (SSSR count). The summed E-state index contributed by atoms with van der Waals surface area (Å²) in [6.07, 6.45) is 7.04. The first-order valence-corrected chi connectivity index (χ1v) is 7.58. The molecular formula is C14H27N3O2. The fourth-order valence-electron chi connectivity index (χ4n) is 2.79. The zero-order valence-electron chi connectivity index (χ0n) is 12.0. The largest absolute Gasteiger partial charge is 0.379 e. The number of hydrogen-bond acceptors (Lipinski definition) is 3. The molecule has 5 nitrogen and oxygen atoms in total. The second-order valence-corrected chi connectivity index (χ2v) is 5.72. The lowest BCUT2D eigenvalue weighted by atomic mass is 9.96. The number of urea groups is 1. The van der Waals surface area contributed by atoms with Crippen LogP contribution in [0.1, 0.15) is 38.5 Å². The molecule has 0 radical (unpaired) electrons. The summed E-state index contributed by atoms with van der Waals surface area (Å²) in [7, 11) is 1.88. The zero-order chi connectivity index (χ0) is 13.5. The van der Waals surface area contributed by atoms with Crippen molar-refractivity contribution in [2.24, 2.45) is 0 Å². The smallest absolute Gasteiger partial charge is 0.317 e. The standard InChI is InChI=1S/C14H27N3O2/c1-17(9-7-13-11-19-10-8-15-13)14(18)16-12-5-3-2-4-6-12/h12-13,15H,2-11H2,1H3,(H,16,18). The third-order valence-electron chi connectivity index (χ3n) is 4.09. The topological polar surface area (TPSA) is 53.6 Å². The van der Waals surface area contributed by atoms with E-state index in [0.29, 0.717) is 12.1 Å². The van der Waals surface area contributed by atoms with Crippen molar-refractivity contribution in [3.05, 3.63) is 0 Å². The average Bonchev–Trinajstić information content (AvgIpc) is 2.47. The number of carbonyl (C=O) groups excluding carboxylic acids is 1. The third-order valence-corrected chi connectivity index (χ3v) is 4.09. The minimum absolute atomic E-state index is 0.0728. The van der Waals surface area contributed by atoms with Gasteiger partial charge in [-0.3, -0.25) is 0 Å². The molecule has 1 atom stereocenters. The molecule has 1 saturated carbocycles. The van der Waals surface area contributed by atoms with Crippen LogP contribution in [0.25, 0.3) is 0 Å². The lowest BCUT2D eigenvalue weighted by Gasteiger charge is -2.28. The number of carbonyl (C=O) groups is 1. The van der Waals surface area contributed by atoms with Crippen molar-refractivity contribution in [3.63, 3.8) is 0 Å². The Morgan fingerprint density at radius 1 is 1.37 bits per heavy atom. The molecule has 5 heteroatoms. The van der Waals surface area contributed by atoms with Crippen LogP contribution in [-0.4, -0.2) is 56.4 Å². The molecule has 0 bridgehead atoms. The lowest BCUT2D eigenvalue weighted by molar-refractivity contribution is 0.0718. The molecule has 2 fully saturated rings. The highest BCUT2D eigenvalue weighted by Crippen LogP contribution is 2.17. The van der Waals surface area contributed by atoms with E-state index in [4.69, 9.17) is 4.74 Å². The Balaban J connectivity index is 1.63. The highest BCUT2D eigenvalue weighted by atomic mass is 16.5. The summed E-state index contributed by atoms with van der Waals surface area (Å²) in [6.45, 7) is 3.26. The van der Waals surface area contributed by atoms with Crippen LogP contribution in [0, 0.1) is 0 Å². The van der Waals surface area contributed by atoms with E-state index in [9.17, 15) is 4.79 Å². The first kappa shape index (κ1) is 14.6. The van der Waals surface area contributed by atoms with E-state index in [-0.39, 0.29) is 6.03 Å². The molecule has 1 aliphatic heterocycles. The number of hydrogen-bond donors (Lipinski definition) is 2. The predicted octanol–water partition coefficient (Wildman–Crippen LogP) is 1.34. The highest BCUT2D eigenvalue weighted by Gasteiger charge is 2.19. The SMILES string of the molecule is CN(CCC1COCCN1)C(=O)NC1CCCCC1. The maximum atomic E-state index is 12.0. The lowest BCUT2D eigenvalue weighted by Crippen LogP contribution is -2.47. The number of morpholine rings is 1. The molecule has 1 unspecified atom stereocenters. The van der Waals surface area contributed by atoms with E-state index in [2.05, 4.69) is 10.6 Å². The molecule has 0 aromatic heterocycles. The highest BCUT2D eigenvalue weighted by molar-refractivity contribution is 5.74. The van der Waals surface area contributed by atoms with Gasteiger partial charge in [-0.15, -0.1) is 0 Å². The van der Waals surface area contributed by atoms with E-state index in [1.54, 1.807) is 4.90 Å². The maximum absolute atomic E-state index is 12.0. The fourth-order valence-corrected chi connectivity index (χ4v) is 2.79. The van der Waals surface area contributed by atoms with Crippen molar-refractivity contribution in [1.82, 2.24) is 15.5 Å². The molecule has 2 aliphatic rings. The molecule has 0 spiro atoms. The summed E-state index contributed by atoms with van der Waals surface area (Å²) in [5, 5.41) is 6.55. The van der Waals surface area contributed by atoms with Crippen molar-refractivity contribution in [1.29, 1.82) is 0 Å². The van der Waals surface area contributed by atoms with Gasteiger partial charge < -0.3 is 20.3 Å². The second-order valence-electron chi connectivity index (χ2n) is 5.72. The van der Waals surface area contributed by atoms with Crippen LogP contribution in [0.15, 0.2) is 0 Å². The number of rotatable bonds is 4. The summed E-state index contributed by atoms with van der Waals surface area (Å²) >= 11 is 0. The van der Waals surface area contributed by atoms with E-state index < -0.39 is 0 Å². The molecule has 0 aromatic rings. The number of nitrogens with zero attached hydrogens (tertiary/aromatic N) is 1. The minimum atomic E-state index is 0.0728. The molecule has 0 aromatic carbocycles. The molecule has 2 N–H and O–H groups in total. The molecule has 2 amide bonds. The van der Waals surface area contributed by atoms with Crippen LogP contribution in [-0.2, 0) is 4.74 Å². The Labute approximate surface area is 116 Å². The summed E-state index contributed by atoms with van der Waals surface area (Å²) < 4.78 is 5.41. The van der Waals surface area contributed by atoms with Crippen LogP contribution >= 0.6 is 0 Å². The normalized spacial score (nSPS) is 25.0. The Kier molecular flexibility index (Phi) is 5.92. The molecule has 110 valence electrons. The second kappa shape index (κ2) is 7.70. The molecule has 19 heavy (non-hydrogen) atoms. The van der Waals surface area contributed by atoms with E-state index in [0.717, 1.165) is 45.6 Å². The molecule has 1 saturated heterocycles. The van der Waals surface area contributed by atoms with Crippen molar-refractivity contribution in [2.75, 3.05) is 33.4 Å². The van der Waals surface area contributed by atoms with Crippen LogP contribution in [0.5, 0.6) is 0 Å². The van der Waals surface area contributed by atoms with Gasteiger partial charge in [0.15, 0.2) is 0 Å². The van der Waals surface area contributed by atoms with Gasteiger partial charge >= 0.3 is 6.03 Å². The van der Waals surface area contributed by atoms with Gasteiger partial charge in [0.25, 0.3) is 0 Å². The van der Waals surface area contributed by atoms with E-state index in [1.165, 1.54) is 19.3 Å². The first-order valence-electron chi connectivity index (χ1n) is 7.58. The Morgan fingerprint density at radius 2 is 2.16 bits per heavy atom. The van der Waals surface area contributed by atoms with Gasteiger partial charge in [-0.1, -0.05) is 19.3 Å². The van der Waals surface area contributed by atoms with Gasteiger partial charge in [0.05, 0.1) is 13.2 Å². The van der Waals surface area contributed by atoms with Crippen molar-refractivity contribution >= 4 is 6.03 Å². The number of nitrogens with one attached hydrogen (secondary N) is 2. The van der Waals surface area contributed by atoms with Gasteiger partial charge in [-0.2, -0.15) is 0 Å². The molecule has 1 aliphatic carbocycles. The fraction of sp³-hybridized carbons (Fsp3) is 0.929. The third kappa shape index (κ3) is 4.99. The van der Waals surface area contributed by atoms with Gasteiger partial charge in [-0.05, 0) is 19.3 Å². The van der Waals surface area contributed by atoms with Gasteiger partial charge in [0.1, 0.15) is 0 Å². The Morgan fingerprint density at radius 3 is 2.84 bits per heavy atom. The van der Waals surface area contributed by atoms with E-state index in [1.807, 2.05) is 7.05 Å². The number of amides is 2. The van der Waals surface area contributed by atoms with Crippen LogP contribution in [0.3, 0.4) is 0 Å². The first-order chi connectivity index (χ1) is 9.25.